The molecule has 1 saturated heterocycles. The van der Waals surface area contributed by atoms with Crippen LogP contribution in [-0.2, 0) is 0 Å². The van der Waals surface area contributed by atoms with Gasteiger partial charge in [-0.3, -0.25) is 9.80 Å². The van der Waals surface area contributed by atoms with Gasteiger partial charge in [0.2, 0.25) is 0 Å². The van der Waals surface area contributed by atoms with Gasteiger partial charge in [0.1, 0.15) is 0 Å². The molecule has 1 heterocycles. The van der Waals surface area contributed by atoms with E-state index in [0.717, 1.165) is 6.04 Å². The average Bonchev–Trinajstić information content (AvgIpc) is 2.28. The molecule has 0 aromatic heterocycles. The van der Waals surface area contributed by atoms with Crippen molar-refractivity contribution in [1.29, 1.82) is 0 Å². The van der Waals surface area contributed by atoms with Crippen LogP contribution in [0.3, 0.4) is 0 Å². The van der Waals surface area contributed by atoms with Gasteiger partial charge in [-0.25, -0.2) is 0 Å². The monoisotopic (exact) mass is 212 g/mol. The van der Waals surface area contributed by atoms with Gasteiger partial charge in [0.25, 0.3) is 0 Å². The molecule has 1 rings (SSSR count). The lowest BCUT2D eigenvalue weighted by Gasteiger charge is -2.45. The highest BCUT2D eigenvalue weighted by Gasteiger charge is 2.29. The fourth-order valence-electron chi connectivity index (χ4n) is 2.25. The summed E-state index contributed by atoms with van der Waals surface area (Å²) in [6, 6.07) is 0.761. The Morgan fingerprint density at radius 2 is 1.60 bits per heavy atom. The lowest BCUT2D eigenvalue weighted by Crippen LogP contribution is -2.55. The lowest BCUT2D eigenvalue weighted by atomic mass is 9.98. The maximum atomic E-state index is 2.64. The zero-order chi connectivity index (χ0) is 11.5. The molecule has 1 aliphatic heterocycles. The molecule has 0 aromatic carbocycles. The van der Waals surface area contributed by atoms with Crippen molar-refractivity contribution in [2.24, 2.45) is 0 Å². The van der Waals surface area contributed by atoms with E-state index in [1.54, 1.807) is 0 Å². The van der Waals surface area contributed by atoms with Crippen LogP contribution in [0.4, 0.5) is 0 Å². The second kappa shape index (κ2) is 5.31. The summed E-state index contributed by atoms with van der Waals surface area (Å²) in [6.07, 6.45) is 2.52. The zero-order valence-electron chi connectivity index (χ0n) is 11.2. The van der Waals surface area contributed by atoms with Gasteiger partial charge in [-0.2, -0.15) is 0 Å². The van der Waals surface area contributed by atoms with E-state index in [-0.39, 0.29) is 0 Å². The molecular weight excluding hydrogens is 184 g/mol. The van der Waals surface area contributed by atoms with Gasteiger partial charge in [0.15, 0.2) is 0 Å². The van der Waals surface area contributed by atoms with Crippen molar-refractivity contribution in [3.63, 3.8) is 0 Å². The first-order chi connectivity index (χ1) is 7.01. The van der Waals surface area contributed by atoms with Crippen molar-refractivity contribution >= 4 is 0 Å². The summed E-state index contributed by atoms with van der Waals surface area (Å²) in [5.41, 5.74) is 0.390. The molecule has 0 bridgehead atoms. The molecule has 90 valence electrons. The van der Waals surface area contributed by atoms with E-state index in [0.29, 0.717) is 5.54 Å². The molecule has 0 saturated carbocycles. The molecule has 1 fully saturated rings. The molecule has 0 spiro atoms. The van der Waals surface area contributed by atoms with Gasteiger partial charge < -0.3 is 0 Å². The third kappa shape index (κ3) is 3.18. The first kappa shape index (κ1) is 13.0. The maximum Gasteiger partial charge on any atom is 0.0151 e. The summed E-state index contributed by atoms with van der Waals surface area (Å²) >= 11 is 0. The van der Waals surface area contributed by atoms with Crippen molar-refractivity contribution in [3.05, 3.63) is 0 Å². The quantitative estimate of drug-likeness (QED) is 0.707. The van der Waals surface area contributed by atoms with Crippen LogP contribution in [0.2, 0.25) is 0 Å². The minimum atomic E-state index is 0.390. The van der Waals surface area contributed by atoms with Gasteiger partial charge >= 0.3 is 0 Å². The van der Waals surface area contributed by atoms with Gasteiger partial charge in [0.05, 0.1) is 0 Å². The summed E-state index contributed by atoms with van der Waals surface area (Å²) in [5.74, 6) is 0. The summed E-state index contributed by atoms with van der Waals surface area (Å²) in [5, 5.41) is 0. The molecule has 1 aliphatic rings. The average molecular weight is 212 g/mol. The van der Waals surface area contributed by atoms with Crippen LogP contribution in [0.1, 0.15) is 47.5 Å². The van der Waals surface area contributed by atoms with Crippen LogP contribution >= 0.6 is 0 Å². The Kier molecular flexibility index (Phi) is 4.60. The van der Waals surface area contributed by atoms with Gasteiger partial charge in [-0.15, -0.1) is 0 Å². The summed E-state index contributed by atoms with van der Waals surface area (Å²) in [4.78, 5) is 5.27. The SMILES string of the molecule is CCC(C)N1CCN(C(C)(C)CC)CC1. The van der Waals surface area contributed by atoms with Crippen molar-refractivity contribution in [2.75, 3.05) is 26.2 Å². The Morgan fingerprint density at radius 1 is 1.07 bits per heavy atom. The molecular formula is C13H28N2. The molecule has 1 atom stereocenters. The minimum Gasteiger partial charge on any atom is -0.298 e. The molecule has 0 amide bonds. The molecule has 1 unspecified atom stereocenters. The Labute approximate surface area is 95.6 Å². The standard InChI is InChI=1S/C13H28N2/c1-6-12(3)14-8-10-15(11-9-14)13(4,5)7-2/h12H,6-11H2,1-5H3. The molecule has 0 aromatic rings. The Hall–Kier alpha value is -0.0800. The molecule has 0 radical (unpaired) electrons. The zero-order valence-corrected chi connectivity index (χ0v) is 11.2. The highest BCUT2D eigenvalue weighted by atomic mass is 15.3. The normalized spacial score (nSPS) is 23.0. The van der Waals surface area contributed by atoms with Crippen molar-refractivity contribution in [2.45, 2.75) is 59.0 Å². The molecule has 15 heavy (non-hydrogen) atoms. The number of rotatable bonds is 4. The van der Waals surface area contributed by atoms with Crippen LogP contribution in [0.5, 0.6) is 0 Å². The van der Waals surface area contributed by atoms with E-state index in [1.807, 2.05) is 0 Å². The number of hydrogen-bond acceptors (Lipinski definition) is 2. The lowest BCUT2D eigenvalue weighted by molar-refractivity contribution is 0.0346. The van der Waals surface area contributed by atoms with Crippen LogP contribution in [0.25, 0.3) is 0 Å². The van der Waals surface area contributed by atoms with Crippen LogP contribution in [0, 0.1) is 0 Å². The van der Waals surface area contributed by atoms with Gasteiger partial charge in [-0.1, -0.05) is 13.8 Å². The number of hydrogen-bond donors (Lipinski definition) is 0. The highest BCUT2D eigenvalue weighted by molar-refractivity contribution is 4.85. The van der Waals surface area contributed by atoms with E-state index in [9.17, 15) is 0 Å². The van der Waals surface area contributed by atoms with Crippen LogP contribution in [0.15, 0.2) is 0 Å². The maximum absolute atomic E-state index is 2.64. The predicted molar refractivity (Wildman–Crippen MR) is 67.3 cm³/mol. The fourth-order valence-corrected chi connectivity index (χ4v) is 2.25. The van der Waals surface area contributed by atoms with E-state index in [2.05, 4.69) is 44.4 Å². The van der Waals surface area contributed by atoms with E-state index >= 15 is 0 Å². The summed E-state index contributed by atoms with van der Waals surface area (Å²) in [7, 11) is 0. The molecule has 2 heteroatoms. The first-order valence-electron chi connectivity index (χ1n) is 6.50. The third-order valence-corrected chi connectivity index (χ3v) is 4.25. The molecule has 2 nitrogen and oxygen atoms in total. The third-order valence-electron chi connectivity index (χ3n) is 4.25. The predicted octanol–water partition coefficient (Wildman–Crippen LogP) is 2.59. The first-order valence-corrected chi connectivity index (χ1v) is 6.50. The summed E-state index contributed by atoms with van der Waals surface area (Å²) < 4.78 is 0. The second-order valence-electron chi connectivity index (χ2n) is 5.45. The molecule has 0 N–H and O–H groups in total. The minimum absolute atomic E-state index is 0.390. The van der Waals surface area contributed by atoms with Crippen molar-refractivity contribution < 1.29 is 0 Å². The highest BCUT2D eigenvalue weighted by Crippen LogP contribution is 2.21. The Bertz CT molecular complexity index is 181. The Balaban J connectivity index is 2.42. The number of piperazine rings is 1. The van der Waals surface area contributed by atoms with Crippen LogP contribution < -0.4 is 0 Å². The summed E-state index contributed by atoms with van der Waals surface area (Å²) in [6.45, 7) is 16.6. The topological polar surface area (TPSA) is 6.48 Å². The number of nitrogens with zero attached hydrogens (tertiary/aromatic N) is 2. The molecule has 0 aliphatic carbocycles. The second-order valence-corrected chi connectivity index (χ2v) is 5.45. The van der Waals surface area contributed by atoms with Gasteiger partial charge in [-0.05, 0) is 33.6 Å². The van der Waals surface area contributed by atoms with E-state index in [1.165, 1.54) is 39.0 Å². The fraction of sp³-hybridized carbons (Fsp3) is 1.00. The van der Waals surface area contributed by atoms with Gasteiger partial charge in [0, 0.05) is 37.8 Å². The van der Waals surface area contributed by atoms with E-state index in [4.69, 9.17) is 0 Å². The van der Waals surface area contributed by atoms with E-state index < -0.39 is 0 Å². The van der Waals surface area contributed by atoms with Crippen molar-refractivity contribution in [3.8, 4) is 0 Å². The Morgan fingerprint density at radius 3 is 2.00 bits per heavy atom. The largest absolute Gasteiger partial charge is 0.298 e. The van der Waals surface area contributed by atoms with Crippen molar-refractivity contribution in [1.82, 2.24) is 9.80 Å². The van der Waals surface area contributed by atoms with Crippen LogP contribution in [-0.4, -0.2) is 47.6 Å². The smallest absolute Gasteiger partial charge is 0.0151 e.